The molecular weight excluding hydrogens is 322 g/mol. The number of rotatable bonds is 6. The highest BCUT2D eigenvalue weighted by Gasteiger charge is 2.22. The van der Waals surface area contributed by atoms with Crippen LogP contribution in [0, 0.1) is 0 Å². The molecule has 0 radical (unpaired) electrons. The summed E-state index contributed by atoms with van der Waals surface area (Å²) in [5.74, 6) is 0.919. The van der Waals surface area contributed by atoms with Crippen LogP contribution in [0.15, 0.2) is 30.3 Å². The van der Waals surface area contributed by atoms with E-state index in [1.807, 2.05) is 18.2 Å². The number of ether oxygens (including phenoxy) is 3. The van der Waals surface area contributed by atoms with Crippen molar-refractivity contribution in [3.05, 3.63) is 47.0 Å². The molecule has 1 N–H and O–H groups in total. The summed E-state index contributed by atoms with van der Waals surface area (Å²) in [5.41, 5.74) is 3.49. The molecule has 1 heterocycles. The van der Waals surface area contributed by atoms with Crippen molar-refractivity contribution in [2.75, 3.05) is 32.8 Å². The lowest BCUT2D eigenvalue weighted by Gasteiger charge is -2.21. The summed E-state index contributed by atoms with van der Waals surface area (Å²) in [7, 11) is 4.77. The van der Waals surface area contributed by atoms with Crippen LogP contribution in [-0.2, 0) is 13.0 Å². The van der Waals surface area contributed by atoms with E-state index >= 15 is 0 Å². The Kier molecular flexibility index (Phi) is 4.70. The number of fused-ring (bicyclic) bond motifs is 1. The van der Waals surface area contributed by atoms with Crippen LogP contribution in [0.5, 0.6) is 17.2 Å². The molecule has 0 amide bonds. The molecule has 132 valence electrons. The Labute approximate surface area is 146 Å². The molecule has 1 aliphatic heterocycles. The second kappa shape index (κ2) is 6.93. The topological polar surface area (TPSA) is 68.2 Å². The van der Waals surface area contributed by atoms with Gasteiger partial charge in [0.2, 0.25) is 5.75 Å². The zero-order chi connectivity index (χ0) is 18.0. The molecule has 0 saturated carbocycles. The number of carboxylic acids is 1. The van der Waals surface area contributed by atoms with Gasteiger partial charge >= 0.3 is 5.97 Å². The summed E-state index contributed by atoms with van der Waals surface area (Å²) in [4.78, 5) is 13.3. The molecule has 0 atom stereocenters. The second-order valence-corrected chi connectivity index (χ2v) is 5.85. The minimum atomic E-state index is -0.897. The van der Waals surface area contributed by atoms with Crippen LogP contribution in [0.3, 0.4) is 0 Å². The molecule has 0 spiro atoms. The van der Waals surface area contributed by atoms with Gasteiger partial charge in [0.15, 0.2) is 11.5 Å². The van der Waals surface area contributed by atoms with Crippen molar-refractivity contribution in [3.63, 3.8) is 0 Å². The molecule has 6 heteroatoms. The van der Waals surface area contributed by atoms with Gasteiger partial charge in [-0.1, -0.05) is 0 Å². The van der Waals surface area contributed by atoms with Gasteiger partial charge in [0.05, 0.1) is 26.9 Å². The first kappa shape index (κ1) is 17.0. The number of hydrogen-bond donors (Lipinski definition) is 1. The van der Waals surface area contributed by atoms with E-state index in [1.54, 1.807) is 33.5 Å². The summed E-state index contributed by atoms with van der Waals surface area (Å²) in [6, 6.07) is 9.15. The van der Waals surface area contributed by atoms with Gasteiger partial charge in [0.25, 0.3) is 0 Å². The number of nitrogens with zero attached hydrogens (tertiary/aromatic N) is 1. The van der Waals surface area contributed by atoms with Crippen molar-refractivity contribution in [2.45, 2.75) is 13.0 Å². The Bertz CT molecular complexity index is 777. The van der Waals surface area contributed by atoms with Crippen LogP contribution in [0.1, 0.15) is 21.5 Å². The number of aromatic carboxylic acids is 1. The highest BCUT2D eigenvalue weighted by Crippen LogP contribution is 2.39. The average Bonchev–Trinajstić information content (AvgIpc) is 3.02. The Hall–Kier alpha value is -2.89. The largest absolute Gasteiger partial charge is 0.493 e. The van der Waals surface area contributed by atoms with E-state index < -0.39 is 5.97 Å². The molecular formula is C19H21NO5. The van der Waals surface area contributed by atoms with Gasteiger partial charge in [-0.15, -0.1) is 0 Å². The van der Waals surface area contributed by atoms with Gasteiger partial charge in [-0.25, -0.2) is 4.79 Å². The van der Waals surface area contributed by atoms with Crippen LogP contribution in [-0.4, -0.2) is 38.9 Å². The quantitative estimate of drug-likeness (QED) is 0.870. The zero-order valence-corrected chi connectivity index (χ0v) is 14.5. The second-order valence-electron chi connectivity index (χ2n) is 5.85. The molecule has 3 rings (SSSR count). The molecule has 6 nitrogen and oxygen atoms in total. The number of hydrogen-bond acceptors (Lipinski definition) is 5. The first-order valence-electron chi connectivity index (χ1n) is 7.97. The molecule has 2 aromatic rings. The molecule has 0 bridgehead atoms. The van der Waals surface area contributed by atoms with Crippen LogP contribution in [0.2, 0.25) is 0 Å². The lowest BCUT2D eigenvalue weighted by Crippen LogP contribution is -2.19. The van der Waals surface area contributed by atoms with Gasteiger partial charge < -0.3 is 24.2 Å². The monoisotopic (exact) mass is 343 g/mol. The van der Waals surface area contributed by atoms with Crippen molar-refractivity contribution in [2.24, 2.45) is 0 Å². The summed E-state index contributed by atoms with van der Waals surface area (Å²) < 4.78 is 16.2. The van der Waals surface area contributed by atoms with E-state index in [2.05, 4.69) is 4.90 Å². The van der Waals surface area contributed by atoms with Gasteiger partial charge in [0.1, 0.15) is 0 Å². The van der Waals surface area contributed by atoms with Crippen LogP contribution in [0.4, 0.5) is 5.69 Å². The highest BCUT2D eigenvalue weighted by atomic mass is 16.5. The Morgan fingerprint density at radius 3 is 2.32 bits per heavy atom. The maximum absolute atomic E-state index is 11.1. The van der Waals surface area contributed by atoms with Crippen molar-refractivity contribution < 1.29 is 24.1 Å². The fourth-order valence-electron chi connectivity index (χ4n) is 3.21. The van der Waals surface area contributed by atoms with Crippen LogP contribution < -0.4 is 19.1 Å². The van der Waals surface area contributed by atoms with Gasteiger partial charge in [-0.3, -0.25) is 0 Å². The van der Waals surface area contributed by atoms with Crippen molar-refractivity contribution in [1.82, 2.24) is 0 Å². The van der Waals surface area contributed by atoms with Gasteiger partial charge in [-0.05, 0) is 47.9 Å². The van der Waals surface area contributed by atoms with E-state index in [9.17, 15) is 4.79 Å². The third-order valence-electron chi connectivity index (χ3n) is 4.42. The third-order valence-corrected chi connectivity index (χ3v) is 4.42. The van der Waals surface area contributed by atoms with E-state index in [-0.39, 0.29) is 0 Å². The van der Waals surface area contributed by atoms with Crippen LogP contribution in [0.25, 0.3) is 0 Å². The molecule has 1 aliphatic rings. The van der Waals surface area contributed by atoms with Gasteiger partial charge in [0, 0.05) is 18.8 Å². The third kappa shape index (κ3) is 3.20. The summed E-state index contributed by atoms with van der Waals surface area (Å²) >= 11 is 0. The Morgan fingerprint density at radius 2 is 1.76 bits per heavy atom. The predicted octanol–water partition coefficient (Wildman–Crippen LogP) is 2.97. The first-order chi connectivity index (χ1) is 12.1. The summed E-state index contributed by atoms with van der Waals surface area (Å²) in [6.45, 7) is 1.52. The molecule has 25 heavy (non-hydrogen) atoms. The normalized spacial score (nSPS) is 12.7. The SMILES string of the molecule is COc1cc(CN2CCc3cc(C(=O)O)ccc32)cc(OC)c1OC. The minimum absolute atomic E-state index is 0.327. The van der Waals surface area contributed by atoms with Crippen molar-refractivity contribution in [1.29, 1.82) is 0 Å². The minimum Gasteiger partial charge on any atom is -0.493 e. The number of carboxylic acid groups (broad SMARTS) is 1. The van der Waals surface area contributed by atoms with Crippen LogP contribution >= 0.6 is 0 Å². The van der Waals surface area contributed by atoms with E-state index in [0.29, 0.717) is 29.4 Å². The number of benzene rings is 2. The summed E-state index contributed by atoms with van der Waals surface area (Å²) in [6.07, 6.45) is 0.834. The maximum atomic E-state index is 11.1. The van der Waals surface area contributed by atoms with E-state index in [1.165, 1.54) is 0 Å². The number of carbonyl (C=O) groups is 1. The maximum Gasteiger partial charge on any atom is 0.335 e. The van der Waals surface area contributed by atoms with Gasteiger partial charge in [-0.2, -0.15) is 0 Å². The Balaban J connectivity index is 1.89. The van der Waals surface area contributed by atoms with Crippen molar-refractivity contribution >= 4 is 11.7 Å². The lowest BCUT2D eigenvalue weighted by atomic mass is 10.1. The smallest absolute Gasteiger partial charge is 0.335 e. The summed E-state index contributed by atoms with van der Waals surface area (Å²) in [5, 5.41) is 9.13. The first-order valence-corrected chi connectivity index (χ1v) is 7.97. The number of anilines is 1. The molecule has 2 aromatic carbocycles. The predicted molar refractivity (Wildman–Crippen MR) is 94.3 cm³/mol. The highest BCUT2D eigenvalue weighted by molar-refractivity contribution is 5.88. The molecule has 0 unspecified atom stereocenters. The van der Waals surface area contributed by atoms with E-state index in [0.717, 1.165) is 29.8 Å². The molecule has 0 saturated heterocycles. The molecule has 0 aromatic heterocycles. The standard InChI is InChI=1S/C19H21NO5/c1-23-16-8-12(9-17(24-2)18(16)25-3)11-20-7-6-13-10-14(19(21)22)4-5-15(13)20/h4-5,8-10H,6-7,11H2,1-3H3,(H,21,22). The Morgan fingerprint density at radius 1 is 1.08 bits per heavy atom. The number of methoxy groups -OCH3 is 3. The average molecular weight is 343 g/mol. The fraction of sp³-hybridized carbons (Fsp3) is 0.316. The lowest BCUT2D eigenvalue weighted by molar-refractivity contribution is 0.0697. The molecule has 0 aliphatic carbocycles. The zero-order valence-electron chi connectivity index (χ0n) is 14.5. The fourth-order valence-corrected chi connectivity index (χ4v) is 3.21. The molecule has 0 fully saturated rings. The van der Waals surface area contributed by atoms with E-state index in [4.69, 9.17) is 19.3 Å². The van der Waals surface area contributed by atoms with Crippen molar-refractivity contribution in [3.8, 4) is 17.2 Å².